The number of hydrogen-bond donors (Lipinski definition) is 1. The van der Waals surface area contributed by atoms with Crippen molar-refractivity contribution in [1.29, 1.82) is 0 Å². The Morgan fingerprint density at radius 2 is 1.83 bits per heavy atom. The summed E-state index contributed by atoms with van der Waals surface area (Å²) in [6.07, 6.45) is 0.490. The van der Waals surface area contributed by atoms with Crippen molar-refractivity contribution in [3.8, 4) is 17.1 Å². The summed E-state index contributed by atoms with van der Waals surface area (Å²) < 4.78 is 5.90. The van der Waals surface area contributed by atoms with Crippen molar-refractivity contribution in [3.63, 3.8) is 0 Å². The molecule has 0 spiro atoms. The van der Waals surface area contributed by atoms with Crippen LogP contribution >= 0.6 is 0 Å². The number of nitrogens with one attached hydrogen (secondary N) is 1. The van der Waals surface area contributed by atoms with E-state index in [4.69, 9.17) is 4.74 Å². The van der Waals surface area contributed by atoms with Gasteiger partial charge in [0.05, 0.1) is 12.2 Å². The number of H-pyrrole nitrogens is 1. The van der Waals surface area contributed by atoms with Crippen molar-refractivity contribution >= 4 is 5.91 Å². The van der Waals surface area contributed by atoms with E-state index in [2.05, 4.69) is 9.97 Å². The summed E-state index contributed by atoms with van der Waals surface area (Å²) in [6, 6.07) is 18.9. The Bertz CT molecular complexity index is 1050. The predicted octanol–water partition coefficient (Wildman–Crippen LogP) is 3.18. The standard InChI is InChI=1S/C23H23N3O3/c1-2-20(29-17-11-7-4-8-12-17)23(28)26-14-13-18-19(15-26)24-21(25-22(18)27)16-9-5-3-6-10-16/h3-12,20H,2,13-15H2,1H3,(H,24,25,27)/t20-/m1/s1. The molecular weight excluding hydrogens is 366 g/mol. The van der Waals surface area contributed by atoms with E-state index >= 15 is 0 Å². The van der Waals surface area contributed by atoms with Crippen LogP contribution in [0, 0.1) is 0 Å². The molecule has 1 aliphatic heterocycles. The van der Waals surface area contributed by atoms with Gasteiger partial charge in [-0.25, -0.2) is 4.98 Å². The number of carbonyl (C=O) groups is 1. The van der Waals surface area contributed by atoms with Crippen LogP contribution in [0.2, 0.25) is 0 Å². The Hall–Kier alpha value is -3.41. The third-order valence-corrected chi connectivity index (χ3v) is 5.10. The van der Waals surface area contributed by atoms with E-state index in [0.717, 1.165) is 5.56 Å². The molecule has 3 aromatic rings. The molecule has 4 rings (SSSR count). The fraction of sp³-hybridized carbons (Fsp3) is 0.261. The highest BCUT2D eigenvalue weighted by Gasteiger charge is 2.29. The Labute approximate surface area is 169 Å². The Kier molecular flexibility index (Phi) is 5.42. The number of aromatic nitrogens is 2. The maximum Gasteiger partial charge on any atom is 0.263 e. The topological polar surface area (TPSA) is 75.3 Å². The number of amides is 1. The van der Waals surface area contributed by atoms with Crippen LogP contribution in [0.5, 0.6) is 5.75 Å². The van der Waals surface area contributed by atoms with Crippen molar-refractivity contribution in [2.75, 3.05) is 6.54 Å². The minimum absolute atomic E-state index is 0.0784. The van der Waals surface area contributed by atoms with E-state index in [0.29, 0.717) is 48.8 Å². The molecule has 0 bridgehead atoms. The summed E-state index contributed by atoms with van der Waals surface area (Å²) in [4.78, 5) is 34.9. The average molecular weight is 389 g/mol. The van der Waals surface area contributed by atoms with Crippen molar-refractivity contribution in [2.24, 2.45) is 0 Å². The van der Waals surface area contributed by atoms with E-state index in [9.17, 15) is 9.59 Å². The lowest BCUT2D eigenvalue weighted by Crippen LogP contribution is -2.45. The molecule has 29 heavy (non-hydrogen) atoms. The monoisotopic (exact) mass is 389 g/mol. The van der Waals surface area contributed by atoms with E-state index in [1.807, 2.05) is 67.6 Å². The molecule has 2 heterocycles. The quantitative estimate of drug-likeness (QED) is 0.727. The van der Waals surface area contributed by atoms with Crippen LogP contribution in [-0.4, -0.2) is 33.4 Å². The second-order valence-electron chi connectivity index (χ2n) is 7.04. The van der Waals surface area contributed by atoms with Gasteiger partial charge in [-0.2, -0.15) is 0 Å². The zero-order chi connectivity index (χ0) is 20.2. The first-order valence-electron chi connectivity index (χ1n) is 9.83. The number of ether oxygens (including phenoxy) is 1. The van der Waals surface area contributed by atoms with Crippen LogP contribution in [0.25, 0.3) is 11.4 Å². The van der Waals surface area contributed by atoms with Crippen LogP contribution < -0.4 is 10.3 Å². The molecule has 1 N–H and O–H groups in total. The molecule has 0 radical (unpaired) electrons. The summed E-state index contributed by atoms with van der Waals surface area (Å²) in [6.45, 7) is 2.72. The molecule has 0 fully saturated rings. The smallest absolute Gasteiger partial charge is 0.263 e. The minimum Gasteiger partial charge on any atom is -0.481 e. The van der Waals surface area contributed by atoms with Gasteiger partial charge in [0.25, 0.3) is 11.5 Å². The molecular formula is C23H23N3O3. The van der Waals surface area contributed by atoms with Gasteiger partial charge in [0.1, 0.15) is 11.6 Å². The zero-order valence-corrected chi connectivity index (χ0v) is 16.3. The normalized spacial score (nSPS) is 14.2. The van der Waals surface area contributed by atoms with Crippen LogP contribution in [0.1, 0.15) is 24.6 Å². The molecule has 6 nitrogen and oxygen atoms in total. The lowest BCUT2D eigenvalue weighted by atomic mass is 10.0. The van der Waals surface area contributed by atoms with E-state index in [-0.39, 0.29) is 11.5 Å². The van der Waals surface area contributed by atoms with Crippen molar-refractivity contribution in [3.05, 3.63) is 82.3 Å². The van der Waals surface area contributed by atoms with Gasteiger partial charge in [0.15, 0.2) is 6.10 Å². The highest BCUT2D eigenvalue weighted by atomic mass is 16.5. The number of para-hydroxylation sites is 1. The minimum atomic E-state index is -0.561. The lowest BCUT2D eigenvalue weighted by Gasteiger charge is -2.31. The van der Waals surface area contributed by atoms with E-state index in [1.165, 1.54) is 0 Å². The van der Waals surface area contributed by atoms with Crippen LogP contribution in [-0.2, 0) is 17.8 Å². The fourth-order valence-corrected chi connectivity index (χ4v) is 3.54. The number of rotatable bonds is 5. The summed E-state index contributed by atoms with van der Waals surface area (Å²) in [7, 11) is 0. The Morgan fingerprint density at radius 1 is 1.14 bits per heavy atom. The van der Waals surface area contributed by atoms with Gasteiger partial charge in [-0.1, -0.05) is 55.5 Å². The number of benzene rings is 2. The van der Waals surface area contributed by atoms with Crippen molar-refractivity contribution < 1.29 is 9.53 Å². The maximum atomic E-state index is 13.1. The molecule has 1 aromatic heterocycles. The van der Waals surface area contributed by atoms with Crippen molar-refractivity contribution in [1.82, 2.24) is 14.9 Å². The van der Waals surface area contributed by atoms with Gasteiger partial charge in [0.2, 0.25) is 0 Å². The SMILES string of the molecule is CC[C@@H](Oc1ccccc1)C(=O)N1CCc2c(nc(-c3ccccc3)[nH]c2=O)C1. The van der Waals surface area contributed by atoms with Gasteiger partial charge >= 0.3 is 0 Å². The summed E-state index contributed by atoms with van der Waals surface area (Å²) in [5.74, 6) is 1.12. The first kappa shape index (κ1) is 18.9. The van der Waals surface area contributed by atoms with E-state index < -0.39 is 6.10 Å². The summed E-state index contributed by atoms with van der Waals surface area (Å²) >= 11 is 0. The molecule has 1 aliphatic rings. The highest BCUT2D eigenvalue weighted by Crippen LogP contribution is 2.21. The van der Waals surface area contributed by atoms with Gasteiger partial charge in [-0.15, -0.1) is 0 Å². The summed E-state index contributed by atoms with van der Waals surface area (Å²) in [5.41, 5.74) is 2.02. The largest absolute Gasteiger partial charge is 0.481 e. The molecule has 2 aromatic carbocycles. The number of aromatic amines is 1. The molecule has 6 heteroatoms. The fourth-order valence-electron chi connectivity index (χ4n) is 3.54. The molecule has 0 unspecified atom stereocenters. The first-order chi connectivity index (χ1) is 14.2. The highest BCUT2D eigenvalue weighted by molar-refractivity contribution is 5.81. The van der Waals surface area contributed by atoms with Gasteiger partial charge < -0.3 is 14.6 Å². The third kappa shape index (κ3) is 4.06. The maximum absolute atomic E-state index is 13.1. The Morgan fingerprint density at radius 3 is 2.52 bits per heavy atom. The van der Waals surface area contributed by atoms with E-state index in [1.54, 1.807) is 4.90 Å². The molecule has 0 aliphatic carbocycles. The number of hydrogen-bond acceptors (Lipinski definition) is 4. The zero-order valence-electron chi connectivity index (χ0n) is 16.3. The van der Waals surface area contributed by atoms with Gasteiger partial charge in [0, 0.05) is 17.7 Å². The molecule has 148 valence electrons. The second kappa shape index (κ2) is 8.31. The van der Waals surface area contributed by atoms with Crippen LogP contribution in [0.3, 0.4) is 0 Å². The Balaban J connectivity index is 1.56. The molecule has 0 saturated carbocycles. The predicted molar refractivity (Wildman–Crippen MR) is 111 cm³/mol. The van der Waals surface area contributed by atoms with Crippen LogP contribution in [0.4, 0.5) is 0 Å². The third-order valence-electron chi connectivity index (χ3n) is 5.10. The number of nitrogens with zero attached hydrogens (tertiary/aromatic N) is 2. The first-order valence-corrected chi connectivity index (χ1v) is 9.83. The molecule has 1 atom stereocenters. The van der Waals surface area contributed by atoms with Crippen molar-refractivity contribution in [2.45, 2.75) is 32.4 Å². The summed E-state index contributed by atoms with van der Waals surface area (Å²) in [5, 5.41) is 0. The number of fused-ring (bicyclic) bond motifs is 1. The average Bonchev–Trinajstić information content (AvgIpc) is 2.78. The van der Waals surface area contributed by atoms with Gasteiger partial charge in [-0.3, -0.25) is 9.59 Å². The molecule has 0 saturated heterocycles. The van der Waals surface area contributed by atoms with Crippen LogP contribution in [0.15, 0.2) is 65.5 Å². The molecule has 1 amide bonds. The number of carbonyl (C=O) groups excluding carboxylic acids is 1. The second-order valence-corrected chi connectivity index (χ2v) is 7.04. The van der Waals surface area contributed by atoms with Gasteiger partial charge in [-0.05, 0) is 25.0 Å². The lowest BCUT2D eigenvalue weighted by molar-refractivity contribution is -0.139.